The quantitative estimate of drug-likeness (QED) is 0.618. The minimum absolute atomic E-state index is 0.132. The summed E-state index contributed by atoms with van der Waals surface area (Å²) in [5.41, 5.74) is 0. The lowest BCUT2D eigenvalue weighted by Gasteiger charge is -2.21. The first-order valence-corrected chi connectivity index (χ1v) is 8.55. The predicted octanol–water partition coefficient (Wildman–Crippen LogP) is 2.92. The summed E-state index contributed by atoms with van der Waals surface area (Å²) in [6.45, 7) is 5.05. The molecular weight excluding hydrogens is 286 g/mol. The van der Waals surface area contributed by atoms with E-state index in [1.165, 1.54) is 43.9 Å². The molecule has 0 spiro atoms. The van der Waals surface area contributed by atoms with E-state index in [0.29, 0.717) is 19.1 Å². The molecule has 5 nitrogen and oxygen atoms in total. The smallest absolute Gasteiger partial charge is 0.319 e. The number of nitrogens with zero attached hydrogens (tertiary/aromatic N) is 3. The second-order valence-electron chi connectivity index (χ2n) is 5.64. The fourth-order valence-electron chi connectivity index (χ4n) is 3.06. The van der Waals surface area contributed by atoms with Crippen LogP contribution in [0.5, 0.6) is 0 Å². The third kappa shape index (κ3) is 3.15. The van der Waals surface area contributed by atoms with E-state index < -0.39 is 0 Å². The molecule has 1 aromatic rings. The van der Waals surface area contributed by atoms with Gasteiger partial charge in [0.2, 0.25) is 0 Å². The summed E-state index contributed by atoms with van der Waals surface area (Å²) in [6, 6.07) is 0. The van der Waals surface area contributed by atoms with E-state index >= 15 is 0 Å². The summed E-state index contributed by atoms with van der Waals surface area (Å²) in [5.74, 6) is 1.42. The second-order valence-corrected chi connectivity index (χ2v) is 6.81. The maximum atomic E-state index is 11.6. The van der Waals surface area contributed by atoms with Crippen LogP contribution in [0.2, 0.25) is 0 Å². The van der Waals surface area contributed by atoms with E-state index in [4.69, 9.17) is 4.74 Å². The van der Waals surface area contributed by atoms with Crippen LogP contribution in [0.3, 0.4) is 0 Å². The minimum Gasteiger partial charge on any atom is -0.465 e. The molecular formula is C15H21N3O2S. The van der Waals surface area contributed by atoms with Crippen molar-refractivity contribution in [2.24, 2.45) is 0 Å². The van der Waals surface area contributed by atoms with Crippen molar-refractivity contribution in [2.75, 3.05) is 6.61 Å². The monoisotopic (exact) mass is 307 g/mol. The van der Waals surface area contributed by atoms with Crippen LogP contribution in [-0.2, 0) is 16.1 Å². The Balaban J connectivity index is 1.81. The molecule has 3 rings (SSSR count). The van der Waals surface area contributed by atoms with E-state index in [2.05, 4.69) is 21.3 Å². The normalized spacial score (nSPS) is 23.2. The van der Waals surface area contributed by atoms with Gasteiger partial charge < -0.3 is 9.30 Å². The van der Waals surface area contributed by atoms with Gasteiger partial charge in [0.05, 0.1) is 6.61 Å². The zero-order valence-corrected chi connectivity index (χ0v) is 13.0. The number of rotatable bonds is 5. The van der Waals surface area contributed by atoms with Crippen molar-refractivity contribution in [2.45, 2.75) is 61.4 Å². The average Bonchev–Trinajstić information content (AvgIpc) is 3.09. The van der Waals surface area contributed by atoms with Crippen molar-refractivity contribution in [1.82, 2.24) is 14.8 Å². The molecule has 1 aliphatic heterocycles. The molecule has 1 aromatic heterocycles. The first-order valence-electron chi connectivity index (χ1n) is 7.67. The van der Waals surface area contributed by atoms with Crippen molar-refractivity contribution < 1.29 is 9.53 Å². The van der Waals surface area contributed by atoms with Crippen molar-refractivity contribution in [3.63, 3.8) is 0 Å². The summed E-state index contributed by atoms with van der Waals surface area (Å²) in [4.78, 5) is 11.6. The molecule has 0 bridgehead atoms. The zero-order chi connectivity index (χ0) is 14.7. The van der Waals surface area contributed by atoms with Gasteiger partial charge in [-0.05, 0) is 12.8 Å². The molecule has 1 aliphatic carbocycles. The van der Waals surface area contributed by atoms with Crippen molar-refractivity contribution in [3.8, 4) is 0 Å². The molecule has 0 unspecified atom stereocenters. The van der Waals surface area contributed by atoms with Crippen LogP contribution >= 0.6 is 11.8 Å². The lowest BCUT2D eigenvalue weighted by molar-refractivity contribution is -0.137. The Kier molecular flexibility index (Phi) is 4.63. The molecule has 21 heavy (non-hydrogen) atoms. The Morgan fingerprint density at radius 1 is 1.29 bits per heavy atom. The molecule has 1 saturated carbocycles. The van der Waals surface area contributed by atoms with Crippen molar-refractivity contribution in [1.29, 1.82) is 0 Å². The average molecular weight is 307 g/mol. The Morgan fingerprint density at radius 2 is 2.10 bits per heavy atom. The standard InChI is InChI=1S/C15H21N3O2S/c1-2-9-18-13(11-6-4-3-5-7-11)16-17-15(18)21-12-8-10-20-14(12)19/h2,11-12H,1,3-10H2/t12-/m1/s1. The molecule has 1 atom stereocenters. The predicted molar refractivity (Wildman–Crippen MR) is 81.3 cm³/mol. The van der Waals surface area contributed by atoms with E-state index in [1.54, 1.807) is 0 Å². The van der Waals surface area contributed by atoms with Gasteiger partial charge in [0.25, 0.3) is 0 Å². The van der Waals surface area contributed by atoms with E-state index in [-0.39, 0.29) is 11.2 Å². The highest BCUT2D eigenvalue weighted by Gasteiger charge is 2.31. The number of hydrogen-bond acceptors (Lipinski definition) is 5. The van der Waals surface area contributed by atoms with Gasteiger partial charge in [0.1, 0.15) is 11.1 Å². The van der Waals surface area contributed by atoms with Crippen LogP contribution in [0.25, 0.3) is 0 Å². The third-order valence-corrected chi connectivity index (χ3v) is 5.39. The third-order valence-electron chi connectivity index (χ3n) is 4.16. The SMILES string of the molecule is C=CCn1c(S[C@@H]2CCOC2=O)nnc1C1CCCCC1. The fourth-order valence-corrected chi connectivity index (χ4v) is 4.08. The van der Waals surface area contributed by atoms with E-state index in [0.717, 1.165) is 17.4 Å². The van der Waals surface area contributed by atoms with Crippen LogP contribution in [0.1, 0.15) is 50.3 Å². The van der Waals surface area contributed by atoms with Gasteiger partial charge in [0.15, 0.2) is 5.16 Å². The molecule has 0 aromatic carbocycles. The molecule has 2 fully saturated rings. The highest BCUT2D eigenvalue weighted by atomic mass is 32.2. The summed E-state index contributed by atoms with van der Waals surface area (Å²) >= 11 is 1.48. The zero-order valence-electron chi connectivity index (χ0n) is 12.2. The van der Waals surface area contributed by atoms with Gasteiger partial charge in [-0.15, -0.1) is 16.8 Å². The van der Waals surface area contributed by atoms with Crippen molar-refractivity contribution >= 4 is 17.7 Å². The van der Waals surface area contributed by atoms with Crippen LogP contribution in [-0.4, -0.2) is 32.6 Å². The Hall–Kier alpha value is -1.30. The van der Waals surface area contributed by atoms with Gasteiger partial charge in [-0.1, -0.05) is 37.1 Å². The maximum Gasteiger partial charge on any atom is 0.319 e. The molecule has 0 amide bonds. The molecule has 2 heterocycles. The Labute approximate surface area is 129 Å². The highest BCUT2D eigenvalue weighted by molar-refractivity contribution is 8.00. The maximum absolute atomic E-state index is 11.6. The van der Waals surface area contributed by atoms with Gasteiger partial charge >= 0.3 is 5.97 Å². The van der Waals surface area contributed by atoms with Crippen LogP contribution in [0.15, 0.2) is 17.8 Å². The van der Waals surface area contributed by atoms with Crippen LogP contribution < -0.4 is 0 Å². The van der Waals surface area contributed by atoms with Gasteiger partial charge in [-0.3, -0.25) is 4.79 Å². The molecule has 114 valence electrons. The topological polar surface area (TPSA) is 57.0 Å². The molecule has 1 saturated heterocycles. The highest BCUT2D eigenvalue weighted by Crippen LogP contribution is 2.35. The number of cyclic esters (lactones) is 1. The number of carbonyl (C=O) groups excluding carboxylic acids is 1. The number of allylic oxidation sites excluding steroid dienone is 1. The van der Waals surface area contributed by atoms with Crippen LogP contribution in [0, 0.1) is 0 Å². The first-order chi connectivity index (χ1) is 10.3. The Morgan fingerprint density at radius 3 is 2.76 bits per heavy atom. The number of thioether (sulfide) groups is 1. The number of carbonyl (C=O) groups is 1. The van der Waals surface area contributed by atoms with E-state index in [9.17, 15) is 4.79 Å². The van der Waals surface area contributed by atoms with Gasteiger partial charge in [-0.25, -0.2) is 0 Å². The second kappa shape index (κ2) is 6.64. The molecule has 6 heteroatoms. The molecule has 2 aliphatic rings. The summed E-state index contributed by atoms with van der Waals surface area (Å²) < 4.78 is 7.15. The van der Waals surface area contributed by atoms with Crippen molar-refractivity contribution in [3.05, 3.63) is 18.5 Å². The molecule has 0 N–H and O–H groups in total. The number of ether oxygens (including phenoxy) is 1. The minimum atomic E-state index is -0.142. The number of hydrogen-bond donors (Lipinski definition) is 0. The number of esters is 1. The Bertz CT molecular complexity index is 523. The summed E-state index contributed by atoms with van der Waals surface area (Å²) in [7, 11) is 0. The number of aromatic nitrogens is 3. The van der Waals surface area contributed by atoms with Gasteiger partial charge in [0, 0.05) is 18.9 Å². The van der Waals surface area contributed by atoms with Gasteiger partial charge in [-0.2, -0.15) is 0 Å². The molecule has 0 radical (unpaired) electrons. The lowest BCUT2D eigenvalue weighted by Crippen LogP contribution is -2.14. The summed E-state index contributed by atoms with van der Waals surface area (Å²) in [6.07, 6.45) is 8.85. The first kappa shape index (κ1) is 14.6. The summed E-state index contributed by atoms with van der Waals surface area (Å²) in [5, 5.41) is 9.42. The fraction of sp³-hybridized carbons (Fsp3) is 0.667. The largest absolute Gasteiger partial charge is 0.465 e. The lowest BCUT2D eigenvalue weighted by atomic mass is 9.89. The van der Waals surface area contributed by atoms with Crippen LogP contribution in [0.4, 0.5) is 0 Å². The van der Waals surface area contributed by atoms with E-state index in [1.807, 2.05) is 6.08 Å².